The lowest BCUT2D eigenvalue weighted by molar-refractivity contribution is 0.0605. The standard InChI is InChI=1S/C16H24FNO/c1-3-18-16(10-13-4-6-19-7-5-13)14-8-12(2)9-15(17)11-14/h8-9,11,13,16,18H,3-7,10H2,1-2H3. The molecular weight excluding hydrogens is 241 g/mol. The van der Waals surface area contributed by atoms with Gasteiger partial charge in [-0.3, -0.25) is 0 Å². The van der Waals surface area contributed by atoms with Crippen LogP contribution in [-0.2, 0) is 4.74 Å². The molecule has 0 bridgehead atoms. The van der Waals surface area contributed by atoms with Crippen molar-refractivity contribution < 1.29 is 9.13 Å². The lowest BCUT2D eigenvalue weighted by Gasteiger charge is -2.27. The largest absolute Gasteiger partial charge is 0.381 e. The highest BCUT2D eigenvalue weighted by molar-refractivity contribution is 5.26. The number of ether oxygens (including phenoxy) is 1. The molecule has 1 saturated heterocycles. The highest BCUT2D eigenvalue weighted by Gasteiger charge is 2.20. The van der Waals surface area contributed by atoms with Crippen LogP contribution in [0.25, 0.3) is 0 Å². The summed E-state index contributed by atoms with van der Waals surface area (Å²) in [5.41, 5.74) is 2.07. The number of rotatable bonds is 5. The first-order chi connectivity index (χ1) is 9.19. The molecular formula is C16H24FNO. The first-order valence-corrected chi connectivity index (χ1v) is 7.27. The Labute approximate surface area is 115 Å². The lowest BCUT2D eigenvalue weighted by atomic mass is 9.89. The van der Waals surface area contributed by atoms with Crippen molar-refractivity contribution in [2.45, 2.75) is 39.2 Å². The minimum Gasteiger partial charge on any atom is -0.381 e. The maximum atomic E-state index is 13.6. The summed E-state index contributed by atoms with van der Waals surface area (Å²) in [6.07, 6.45) is 3.31. The van der Waals surface area contributed by atoms with Gasteiger partial charge in [0.15, 0.2) is 0 Å². The van der Waals surface area contributed by atoms with E-state index in [-0.39, 0.29) is 11.9 Å². The van der Waals surface area contributed by atoms with Crippen molar-refractivity contribution in [3.8, 4) is 0 Å². The van der Waals surface area contributed by atoms with Crippen molar-refractivity contribution >= 4 is 0 Å². The molecule has 19 heavy (non-hydrogen) atoms. The third-order valence-electron chi connectivity index (χ3n) is 3.83. The Kier molecular flexibility index (Phi) is 5.34. The van der Waals surface area contributed by atoms with Gasteiger partial charge in [-0.1, -0.05) is 13.0 Å². The zero-order valence-corrected chi connectivity index (χ0v) is 11.9. The summed E-state index contributed by atoms with van der Waals surface area (Å²) in [5, 5.41) is 3.49. The Morgan fingerprint density at radius 1 is 1.32 bits per heavy atom. The maximum Gasteiger partial charge on any atom is 0.123 e. The molecule has 0 spiro atoms. The SMILES string of the molecule is CCNC(CC1CCOCC1)c1cc(C)cc(F)c1. The van der Waals surface area contributed by atoms with E-state index in [2.05, 4.69) is 18.3 Å². The molecule has 2 rings (SSSR count). The van der Waals surface area contributed by atoms with Gasteiger partial charge in [-0.15, -0.1) is 0 Å². The summed E-state index contributed by atoms with van der Waals surface area (Å²) < 4.78 is 19.0. The summed E-state index contributed by atoms with van der Waals surface area (Å²) in [6, 6.07) is 5.60. The van der Waals surface area contributed by atoms with E-state index in [1.54, 1.807) is 12.1 Å². The van der Waals surface area contributed by atoms with Crippen molar-refractivity contribution in [2.75, 3.05) is 19.8 Å². The Hall–Kier alpha value is -0.930. The quantitative estimate of drug-likeness (QED) is 0.878. The highest BCUT2D eigenvalue weighted by atomic mass is 19.1. The van der Waals surface area contributed by atoms with Crippen LogP contribution in [0.5, 0.6) is 0 Å². The third-order valence-corrected chi connectivity index (χ3v) is 3.83. The molecule has 2 nitrogen and oxygen atoms in total. The topological polar surface area (TPSA) is 21.3 Å². The first-order valence-electron chi connectivity index (χ1n) is 7.27. The average Bonchev–Trinajstić information content (AvgIpc) is 2.38. The average molecular weight is 265 g/mol. The number of benzene rings is 1. The normalized spacial score (nSPS) is 18.5. The van der Waals surface area contributed by atoms with Crippen LogP contribution in [0.2, 0.25) is 0 Å². The minimum atomic E-state index is -0.134. The second-order valence-corrected chi connectivity index (χ2v) is 5.46. The van der Waals surface area contributed by atoms with E-state index >= 15 is 0 Å². The highest BCUT2D eigenvalue weighted by Crippen LogP contribution is 2.28. The van der Waals surface area contributed by atoms with Crippen molar-refractivity contribution in [3.63, 3.8) is 0 Å². The number of nitrogens with one attached hydrogen (secondary N) is 1. The molecule has 1 fully saturated rings. The predicted octanol–water partition coefficient (Wildman–Crippen LogP) is 3.60. The fourth-order valence-corrected chi connectivity index (χ4v) is 2.86. The summed E-state index contributed by atoms with van der Waals surface area (Å²) >= 11 is 0. The summed E-state index contributed by atoms with van der Waals surface area (Å²) in [6.45, 7) is 6.69. The first kappa shape index (κ1) is 14.5. The van der Waals surface area contributed by atoms with E-state index in [4.69, 9.17) is 4.74 Å². The van der Waals surface area contributed by atoms with Crippen LogP contribution < -0.4 is 5.32 Å². The van der Waals surface area contributed by atoms with Gasteiger partial charge in [0.05, 0.1) is 0 Å². The van der Waals surface area contributed by atoms with Gasteiger partial charge in [-0.2, -0.15) is 0 Å². The molecule has 0 amide bonds. The maximum absolute atomic E-state index is 13.6. The molecule has 1 aliphatic rings. The van der Waals surface area contributed by atoms with Crippen LogP contribution in [0.4, 0.5) is 4.39 Å². The molecule has 0 saturated carbocycles. The van der Waals surface area contributed by atoms with Crippen molar-refractivity contribution in [3.05, 3.63) is 35.1 Å². The second-order valence-electron chi connectivity index (χ2n) is 5.46. The van der Waals surface area contributed by atoms with Gasteiger partial charge >= 0.3 is 0 Å². The zero-order valence-electron chi connectivity index (χ0n) is 11.9. The van der Waals surface area contributed by atoms with Crippen LogP contribution in [0.1, 0.15) is 43.4 Å². The molecule has 1 aromatic rings. The molecule has 1 unspecified atom stereocenters. The van der Waals surface area contributed by atoms with Gasteiger partial charge < -0.3 is 10.1 Å². The second kappa shape index (κ2) is 7.01. The smallest absolute Gasteiger partial charge is 0.123 e. The van der Waals surface area contributed by atoms with Crippen LogP contribution in [-0.4, -0.2) is 19.8 Å². The summed E-state index contributed by atoms with van der Waals surface area (Å²) in [7, 11) is 0. The van der Waals surface area contributed by atoms with E-state index in [0.717, 1.165) is 50.1 Å². The van der Waals surface area contributed by atoms with Crippen LogP contribution in [0, 0.1) is 18.7 Å². The number of hydrogen-bond donors (Lipinski definition) is 1. The van der Waals surface area contributed by atoms with Gasteiger partial charge in [-0.05, 0) is 61.9 Å². The Balaban J connectivity index is 2.09. The summed E-state index contributed by atoms with van der Waals surface area (Å²) in [4.78, 5) is 0. The van der Waals surface area contributed by atoms with Crippen molar-refractivity contribution in [1.29, 1.82) is 0 Å². The molecule has 0 radical (unpaired) electrons. The molecule has 1 aliphatic heterocycles. The van der Waals surface area contributed by atoms with Crippen molar-refractivity contribution in [1.82, 2.24) is 5.32 Å². The Morgan fingerprint density at radius 3 is 2.68 bits per heavy atom. The van der Waals surface area contributed by atoms with Crippen LogP contribution >= 0.6 is 0 Å². The van der Waals surface area contributed by atoms with Crippen LogP contribution in [0.3, 0.4) is 0 Å². The number of hydrogen-bond acceptors (Lipinski definition) is 2. The molecule has 106 valence electrons. The van der Waals surface area contributed by atoms with Crippen LogP contribution in [0.15, 0.2) is 18.2 Å². The van der Waals surface area contributed by atoms with Gasteiger partial charge in [0, 0.05) is 19.3 Å². The van der Waals surface area contributed by atoms with E-state index < -0.39 is 0 Å². The molecule has 1 N–H and O–H groups in total. The van der Waals surface area contributed by atoms with Gasteiger partial charge in [0.1, 0.15) is 5.82 Å². The minimum absolute atomic E-state index is 0.134. The van der Waals surface area contributed by atoms with E-state index in [0.29, 0.717) is 5.92 Å². The molecule has 0 aromatic heterocycles. The number of aryl methyl sites for hydroxylation is 1. The van der Waals surface area contributed by atoms with Crippen molar-refractivity contribution in [2.24, 2.45) is 5.92 Å². The monoisotopic (exact) mass is 265 g/mol. The fraction of sp³-hybridized carbons (Fsp3) is 0.625. The van der Waals surface area contributed by atoms with E-state index in [1.165, 1.54) is 0 Å². The van der Waals surface area contributed by atoms with E-state index in [9.17, 15) is 4.39 Å². The Morgan fingerprint density at radius 2 is 2.05 bits per heavy atom. The molecule has 1 aromatic carbocycles. The van der Waals surface area contributed by atoms with Gasteiger partial charge in [0.2, 0.25) is 0 Å². The third kappa shape index (κ3) is 4.29. The lowest BCUT2D eigenvalue weighted by Crippen LogP contribution is -2.26. The van der Waals surface area contributed by atoms with E-state index in [1.807, 2.05) is 6.92 Å². The molecule has 3 heteroatoms. The number of halogens is 1. The molecule has 1 atom stereocenters. The predicted molar refractivity (Wildman–Crippen MR) is 75.7 cm³/mol. The van der Waals surface area contributed by atoms with Gasteiger partial charge in [0.25, 0.3) is 0 Å². The zero-order chi connectivity index (χ0) is 13.7. The Bertz CT molecular complexity index is 381. The molecule has 0 aliphatic carbocycles. The molecule has 1 heterocycles. The fourth-order valence-electron chi connectivity index (χ4n) is 2.86. The summed E-state index contributed by atoms with van der Waals surface area (Å²) in [5.74, 6) is 0.547. The van der Waals surface area contributed by atoms with Gasteiger partial charge in [-0.25, -0.2) is 4.39 Å².